The normalized spacial score (nSPS) is 11.7. The summed E-state index contributed by atoms with van der Waals surface area (Å²) in [6, 6.07) is 14.9. The van der Waals surface area contributed by atoms with E-state index in [4.69, 9.17) is 5.73 Å². The number of aromatic amines is 1. The molecule has 1 amide bonds. The van der Waals surface area contributed by atoms with Crippen LogP contribution >= 0.6 is 0 Å². The summed E-state index contributed by atoms with van der Waals surface area (Å²) in [6.45, 7) is 0. The Bertz CT molecular complexity index is 1220. The van der Waals surface area contributed by atoms with Crippen molar-refractivity contribution >= 4 is 27.0 Å². The van der Waals surface area contributed by atoms with Crippen LogP contribution in [0.4, 0.5) is 0 Å². The fourth-order valence-electron chi connectivity index (χ4n) is 2.75. The lowest BCUT2D eigenvalue weighted by Gasteiger charge is -2.04. The molecular weight excluding hydrogens is 352 g/mol. The molecule has 130 valence electrons. The number of nitrogens with two attached hydrogens (primary N) is 1. The van der Waals surface area contributed by atoms with E-state index >= 15 is 0 Å². The van der Waals surface area contributed by atoms with Gasteiger partial charge in [-0.15, -0.1) is 0 Å². The number of carbonyl (C=O) groups excluding carboxylic acids is 1. The highest BCUT2D eigenvalue weighted by molar-refractivity contribution is 7.90. The molecule has 0 aliphatic carbocycles. The van der Waals surface area contributed by atoms with Crippen LogP contribution in [0.5, 0.6) is 0 Å². The van der Waals surface area contributed by atoms with Crippen molar-refractivity contribution in [3.63, 3.8) is 0 Å². The van der Waals surface area contributed by atoms with E-state index in [0.717, 1.165) is 3.97 Å². The van der Waals surface area contributed by atoms with Gasteiger partial charge in [-0.3, -0.25) is 4.79 Å². The number of primary amides is 1. The number of fused-ring (bicyclic) bond motifs is 1. The third-order valence-electron chi connectivity index (χ3n) is 4.04. The first-order valence-corrected chi connectivity index (χ1v) is 9.18. The first kappa shape index (κ1) is 16.1. The van der Waals surface area contributed by atoms with E-state index in [2.05, 4.69) is 9.97 Å². The Morgan fingerprint density at radius 1 is 1.04 bits per heavy atom. The Morgan fingerprint density at radius 3 is 2.54 bits per heavy atom. The second-order valence-electron chi connectivity index (χ2n) is 5.70. The second kappa shape index (κ2) is 5.85. The maximum Gasteiger partial charge on any atom is 0.267 e. The molecule has 0 aliphatic heterocycles. The number of imidazole rings is 1. The lowest BCUT2D eigenvalue weighted by Crippen LogP contribution is -2.11. The molecular formula is C18H14N4O3S. The quantitative estimate of drug-likeness (QED) is 0.577. The van der Waals surface area contributed by atoms with Crippen LogP contribution in [0.3, 0.4) is 0 Å². The van der Waals surface area contributed by atoms with Gasteiger partial charge in [0.1, 0.15) is 11.3 Å². The molecule has 0 saturated heterocycles. The molecule has 0 fully saturated rings. The van der Waals surface area contributed by atoms with Crippen LogP contribution < -0.4 is 5.73 Å². The minimum absolute atomic E-state index is 0.197. The van der Waals surface area contributed by atoms with Crippen LogP contribution in [0, 0.1) is 0 Å². The number of nitrogens with one attached hydrogen (secondary N) is 1. The second-order valence-corrected chi connectivity index (χ2v) is 7.54. The van der Waals surface area contributed by atoms with Crippen molar-refractivity contribution in [3.8, 4) is 11.4 Å². The summed E-state index contributed by atoms with van der Waals surface area (Å²) in [5, 5.41) is 0. The number of nitrogens with zero attached hydrogens (tertiary/aromatic N) is 2. The highest BCUT2D eigenvalue weighted by Gasteiger charge is 2.18. The van der Waals surface area contributed by atoms with E-state index in [1.807, 2.05) is 0 Å². The number of hydrogen-bond acceptors (Lipinski definition) is 4. The maximum absolute atomic E-state index is 12.7. The number of carbonyl (C=O) groups is 1. The average molecular weight is 366 g/mol. The molecule has 26 heavy (non-hydrogen) atoms. The van der Waals surface area contributed by atoms with Crippen molar-refractivity contribution in [2.45, 2.75) is 4.90 Å². The molecule has 3 N–H and O–H groups in total. The van der Waals surface area contributed by atoms with Gasteiger partial charge in [0.25, 0.3) is 15.9 Å². The Hall–Kier alpha value is -3.39. The number of H-pyrrole nitrogens is 1. The molecule has 4 aromatic rings. The highest BCUT2D eigenvalue weighted by atomic mass is 32.2. The van der Waals surface area contributed by atoms with Crippen LogP contribution in [0.25, 0.3) is 22.4 Å². The van der Waals surface area contributed by atoms with Crippen molar-refractivity contribution < 1.29 is 13.2 Å². The van der Waals surface area contributed by atoms with E-state index < -0.39 is 15.9 Å². The maximum atomic E-state index is 12.7. The molecule has 2 aromatic carbocycles. The fraction of sp³-hybridized carbons (Fsp3) is 0. The Balaban J connectivity index is 1.79. The molecule has 0 saturated carbocycles. The SMILES string of the molecule is NC(=O)c1cccc2[nH]c(-c3ccn(S(=O)(=O)c4ccccc4)c3)nc12. The van der Waals surface area contributed by atoms with Crippen LogP contribution in [0.1, 0.15) is 10.4 Å². The molecule has 2 aromatic heterocycles. The lowest BCUT2D eigenvalue weighted by atomic mass is 10.2. The third-order valence-corrected chi connectivity index (χ3v) is 5.69. The molecule has 0 spiro atoms. The lowest BCUT2D eigenvalue weighted by molar-refractivity contribution is 0.100. The van der Waals surface area contributed by atoms with E-state index in [0.29, 0.717) is 28.0 Å². The van der Waals surface area contributed by atoms with E-state index in [-0.39, 0.29) is 4.90 Å². The van der Waals surface area contributed by atoms with Gasteiger partial charge in [-0.1, -0.05) is 24.3 Å². The van der Waals surface area contributed by atoms with Crippen LogP contribution in [0.15, 0.2) is 71.9 Å². The van der Waals surface area contributed by atoms with Crippen molar-refractivity contribution in [2.75, 3.05) is 0 Å². The number of benzene rings is 2. The summed E-state index contributed by atoms with van der Waals surface area (Å²) >= 11 is 0. The first-order chi connectivity index (χ1) is 12.5. The number of hydrogen-bond donors (Lipinski definition) is 2. The summed E-state index contributed by atoms with van der Waals surface area (Å²) in [5.74, 6) is -0.117. The molecule has 4 rings (SSSR count). The molecule has 0 unspecified atom stereocenters. The van der Waals surface area contributed by atoms with Gasteiger partial charge in [-0.05, 0) is 30.3 Å². The smallest absolute Gasteiger partial charge is 0.267 e. The van der Waals surface area contributed by atoms with Gasteiger partial charge in [0, 0.05) is 18.0 Å². The Kier molecular flexibility index (Phi) is 3.62. The molecule has 7 nitrogen and oxygen atoms in total. The minimum Gasteiger partial charge on any atom is -0.366 e. The summed E-state index contributed by atoms with van der Waals surface area (Å²) in [4.78, 5) is 19.2. The summed E-state index contributed by atoms with van der Waals surface area (Å²) in [5.41, 5.74) is 7.36. The largest absolute Gasteiger partial charge is 0.366 e. The van der Waals surface area contributed by atoms with Gasteiger partial charge in [0.15, 0.2) is 0 Å². The molecule has 0 radical (unpaired) electrons. The monoisotopic (exact) mass is 366 g/mol. The van der Waals surface area contributed by atoms with E-state index in [1.165, 1.54) is 24.5 Å². The highest BCUT2D eigenvalue weighted by Crippen LogP contribution is 2.24. The van der Waals surface area contributed by atoms with Gasteiger partial charge >= 0.3 is 0 Å². The fourth-order valence-corrected chi connectivity index (χ4v) is 3.97. The molecule has 8 heteroatoms. The van der Waals surface area contributed by atoms with Gasteiger partial charge in [0.2, 0.25) is 0 Å². The van der Waals surface area contributed by atoms with Gasteiger partial charge in [-0.2, -0.15) is 0 Å². The predicted molar refractivity (Wildman–Crippen MR) is 97.1 cm³/mol. The zero-order valence-corrected chi connectivity index (χ0v) is 14.3. The van der Waals surface area contributed by atoms with E-state index in [9.17, 15) is 13.2 Å². The molecule has 0 aliphatic rings. The van der Waals surface area contributed by atoms with E-state index in [1.54, 1.807) is 42.5 Å². The first-order valence-electron chi connectivity index (χ1n) is 7.74. The van der Waals surface area contributed by atoms with Crippen molar-refractivity contribution in [1.29, 1.82) is 0 Å². The third kappa shape index (κ3) is 2.56. The Morgan fingerprint density at radius 2 is 1.81 bits per heavy atom. The van der Waals surface area contributed by atoms with Crippen molar-refractivity contribution in [3.05, 3.63) is 72.6 Å². The number of para-hydroxylation sites is 1. The Labute approximate surface area is 149 Å². The minimum atomic E-state index is -3.68. The molecule has 0 atom stereocenters. The van der Waals surface area contributed by atoms with Gasteiger partial charge in [-0.25, -0.2) is 17.4 Å². The summed E-state index contributed by atoms with van der Waals surface area (Å²) in [7, 11) is -3.68. The van der Waals surface area contributed by atoms with Crippen LogP contribution in [-0.4, -0.2) is 28.3 Å². The van der Waals surface area contributed by atoms with Crippen molar-refractivity contribution in [1.82, 2.24) is 13.9 Å². The standard InChI is InChI=1S/C18H14N4O3S/c19-17(23)14-7-4-8-15-16(14)21-18(20-15)12-9-10-22(11-12)26(24,25)13-5-2-1-3-6-13/h1-11H,(H2,19,23)(H,20,21). The topological polar surface area (TPSA) is 111 Å². The van der Waals surface area contributed by atoms with Gasteiger partial charge < -0.3 is 10.7 Å². The van der Waals surface area contributed by atoms with Crippen molar-refractivity contribution in [2.24, 2.45) is 5.73 Å². The number of aromatic nitrogens is 3. The summed E-state index contributed by atoms with van der Waals surface area (Å²) in [6.07, 6.45) is 2.93. The van der Waals surface area contributed by atoms with Crippen LogP contribution in [-0.2, 0) is 10.0 Å². The number of rotatable bonds is 4. The summed E-state index contributed by atoms with van der Waals surface area (Å²) < 4.78 is 26.5. The zero-order chi connectivity index (χ0) is 18.3. The van der Waals surface area contributed by atoms with Crippen LogP contribution in [0.2, 0.25) is 0 Å². The molecule has 0 bridgehead atoms. The average Bonchev–Trinajstić information content (AvgIpc) is 3.29. The zero-order valence-electron chi connectivity index (χ0n) is 13.5. The van der Waals surface area contributed by atoms with Gasteiger partial charge in [0.05, 0.1) is 16.0 Å². The predicted octanol–water partition coefficient (Wildman–Crippen LogP) is 2.37. The number of amides is 1. The molecule has 2 heterocycles.